The highest BCUT2D eigenvalue weighted by Gasteiger charge is 2.14. The molecule has 0 fully saturated rings. The van der Waals surface area contributed by atoms with Gasteiger partial charge in [-0.2, -0.15) is 0 Å². The highest BCUT2D eigenvalue weighted by atomic mass is 127. The van der Waals surface area contributed by atoms with Gasteiger partial charge < -0.3 is 0 Å². The van der Waals surface area contributed by atoms with Crippen LogP contribution in [0.15, 0.2) is 23.6 Å². The summed E-state index contributed by atoms with van der Waals surface area (Å²) in [5, 5.41) is 2.13. The molecule has 0 N–H and O–H groups in total. The third kappa shape index (κ3) is 2.90. The lowest BCUT2D eigenvalue weighted by Crippen LogP contribution is -1.96. The van der Waals surface area contributed by atoms with E-state index in [2.05, 4.69) is 50.0 Å². The van der Waals surface area contributed by atoms with Gasteiger partial charge in [-0.05, 0) is 70.1 Å². The summed E-state index contributed by atoms with van der Waals surface area (Å²) in [5.41, 5.74) is 3.74. The van der Waals surface area contributed by atoms with Gasteiger partial charge in [0, 0.05) is 0 Å². The lowest BCUT2D eigenvalue weighted by Gasteiger charge is -2.11. The predicted molar refractivity (Wildman–Crippen MR) is 83.7 cm³/mol. The molecule has 0 saturated carbocycles. The third-order valence-corrected chi connectivity index (χ3v) is 5.50. The van der Waals surface area contributed by atoms with Gasteiger partial charge in [0.2, 0.25) is 0 Å². The van der Waals surface area contributed by atoms with Crippen LogP contribution in [-0.2, 0) is 0 Å². The van der Waals surface area contributed by atoms with E-state index < -0.39 is 0 Å². The van der Waals surface area contributed by atoms with Gasteiger partial charge in [0.25, 0.3) is 0 Å². The molecule has 1 aromatic heterocycles. The van der Waals surface area contributed by atoms with Gasteiger partial charge in [0.15, 0.2) is 0 Å². The van der Waals surface area contributed by atoms with Crippen molar-refractivity contribution in [3.05, 3.63) is 54.5 Å². The number of hydrogen-bond donors (Lipinski definition) is 0. The van der Waals surface area contributed by atoms with Crippen LogP contribution in [0.4, 0.5) is 4.39 Å². The van der Waals surface area contributed by atoms with Crippen molar-refractivity contribution < 1.29 is 4.39 Å². The summed E-state index contributed by atoms with van der Waals surface area (Å²) in [6.07, 6.45) is 0. The predicted octanol–water partition coefficient (Wildman–Crippen LogP) is 5.59. The first-order valence-corrected chi connectivity index (χ1v) is 8.01. The first-order valence-electron chi connectivity index (χ1n) is 5.13. The van der Waals surface area contributed by atoms with E-state index in [-0.39, 0.29) is 10.6 Å². The number of aryl methyl sites for hydroxylation is 2. The number of benzene rings is 1. The summed E-state index contributed by atoms with van der Waals surface area (Å²) in [6, 6.07) is 5.97. The summed E-state index contributed by atoms with van der Waals surface area (Å²) in [4.78, 5) is 0.139. The summed E-state index contributed by atoms with van der Waals surface area (Å²) in [6.45, 7) is 3.62. The van der Waals surface area contributed by atoms with Crippen LogP contribution < -0.4 is 0 Å². The van der Waals surface area contributed by atoms with Crippen LogP contribution in [0.2, 0.25) is 0 Å². The summed E-state index contributed by atoms with van der Waals surface area (Å²) in [5.74, 6) is -0.103. The molecule has 0 radical (unpaired) electrons. The van der Waals surface area contributed by atoms with Crippen LogP contribution in [0.3, 0.4) is 0 Å². The molecule has 2 aromatic rings. The molecule has 0 bridgehead atoms. The van der Waals surface area contributed by atoms with E-state index in [1.807, 2.05) is 26.0 Å². The maximum atomic E-state index is 13.6. The Balaban J connectivity index is 2.41. The van der Waals surface area contributed by atoms with Crippen LogP contribution in [-0.4, -0.2) is 0 Å². The number of alkyl halides is 1. The Morgan fingerprint density at radius 1 is 1.18 bits per heavy atom. The maximum absolute atomic E-state index is 13.6. The molecule has 0 spiro atoms. The second-order valence-electron chi connectivity index (χ2n) is 4.02. The molecule has 0 aliphatic heterocycles. The van der Waals surface area contributed by atoms with E-state index in [1.54, 1.807) is 11.3 Å². The van der Waals surface area contributed by atoms with Crippen LogP contribution >= 0.6 is 49.9 Å². The molecule has 1 unspecified atom stereocenters. The normalized spacial score (nSPS) is 12.8. The minimum absolute atomic E-state index is 0.103. The molecule has 90 valence electrons. The Hall–Kier alpha value is 0.0600. The zero-order chi connectivity index (χ0) is 12.6. The SMILES string of the molecule is Cc1cc(C(Br)c2csc(I)c2)cc(C)c1F. The van der Waals surface area contributed by atoms with Gasteiger partial charge in [-0.1, -0.05) is 28.1 Å². The average molecular weight is 425 g/mol. The molecule has 0 amide bonds. The highest BCUT2D eigenvalue weighted by Crippen LogP contribution is 2.35. The molecular formula is C13H11BrFIS. The van der Waals surface area contributed by atoms with Crippen molar-refractivity contribution in [2.75, 3.05) is 0 Å². The van der Waals surface area contributed by atoms with Crippen LogP contribution in [0.1, 0.15) is 27.1 Å². The molecular weight excluding hydrogens is 414 g/mol. The van der Waals surface area contributed by atoms with E-state index in [4.69, 9.17) is 0 Å². The van der Waals surface area contributed by atoms with E-state index >= 15 is 0 Å². The molecule has 0 saturated heterocycles. The van der Waals surface area contributed by atoms with Crippen molar-refractivity contribution in [1.29, 1.82) is 0 Å². The number of halogens is 3. The van der Waals surface area contributed by atoms with Gasteiger partial charge in [-0.3, -0.25) is 0 Å². The van der Waals surface area contributed by atoms with Crippen LogP contribution in [0, 0.1) is 22.5 Å². The van der Waals surface area contributed by atoms with E-state index in [9.17, 15) is 4.39 Å². The lowest BCUT2D eigenvalue weighted by molar-refractivity contribution is 0.608. The third-order valence-electron chi connectivity index (χ3n) is 2.63. The first kappa shape index (κ1) is 13.5. The lowest BCUT2D eigenvalue weighted by atomic mass is 10.0. The second-order valence-corrected chi connectivity index (χ2v) is 7.74. The second kappa shape index (κ2) is 5.36. The Morgan fingerprint density at radius 3 is 2.24 bits per heavy atom. The largest absolute Gasteiger partial charge is 0.206 e. The quantitative estimate of drug-likeness (QED) is 0.435. The van der Waals surface area contributed by atoms with Crippen molar-refractivity contribution in [2.24, 2.45) is 0 Å². The molecule has 0 aliphatic rings. The molecule has 1 heterocycles. The van der Waals surface area contributed by atoms with E-state index in [0.29, 0.717) is 11.1 Å². The van der Waals surface area contributed by atoms with E-state index in [1.165, 1.54) is 8.45 Å². The Morgan fingerprint density at radius 2 is 1.76 bits per heavy atom. The number of rotatable bonds is 2. The minimum atomic E-state index is -0.103. The minimum Gasteiger partial charge on any atom is -0.206 e. The molecule has 2 rings (SSSR count). The fourth-order valence-electron chi connectivity index (χ4n) is 1.77. The van der Waals surface area contributed by atoms with Gasteiger partial charge >= 0.3 is 0 Å². The fourth-order valence-corrected chi connectivity index (χ4v) is 3.88. The fraction of sp³-hybridized carbons (Fsp3) is 0.231. The smallest absolute Gasteiger partial charge is 0.129 e. The number of hydrogen-bond acceptors (Lipinski definition) is 1. The Bertz CT molecular complexity index is 527. The van der Waals surface area contributed by atoms with E-state index in [0.717, 1.165) is 5.56 Å². The summed E-state index contributed by atoms with van der Waals surface area (Å²) in [7, 11) is 0. The summed E-state index contributed by atoms with van der Waals surface area (Å²) < 4.78 is 14.8. The highest BCUT2D eigenvalue weighted by molar-refractivity contribution is 14.1. The average Bonchev–Trinajstić information content (AvgIpc) is 2.71. The first-order chi connectivity index (χ1) is 7.99. The van der Waals surface area contributed by atoms with Crippen molar-refractivity contribution in [3.8, 4) is 0 Å². The summed E-state index contributed by atoms with van der Waals surface area (Å²) >= 11 is 7.71. The van der Waals surface area contributed by atoms with Crippen molar-refractivity contribution in [1.82, 2.24) is 0 Å². The van der Waals surface area contributed by atoms with Crippen molar-refractivity contribution >= 4 is 49.9 Å². The number of thiophene rings is 1. The maximum Gasteiger partial charge on any atom is 0.129 e. The molecule has 4 heteroatoms. The van der Waals surface area contributed by atoms with Crippen LogP contribution in [0.25, 0.3) is 0 Å². The molecule has 0 aliphatic carbocycles. The Kier molecular flexibility index (Phi) is 4.26. The molecule has 1 atom stereocenters. The van der Waals surface area contributed by atoms with Crippen molar-refractivity contribution in [3.63, 3.8) is 0 Å². The van der Waals surface area contributed by atoms with Gasteiger partial charge in [-0.15, -0.1) is 11.3 Å². The molecule has 17 heavy (non-hydrogen) atoms. The van der Waals surface area contributed by atoms with Crippen molar-refractivity contribution in [2.45, 2.75) is 18.7 Å². The van der Waals surface area contributed by atoms with Gasteiger partial charge in [0.1, 0.15) is 5.82 Å². The van der Waals surface area contributed by atoms with Gasteiger partial charge in [-0.25, -0.2) is 4.39 Å². The van der Waals surface area contributed by atoms with Crippen LogP contribution in [0.5, 0.6) is 0 Å². The zero-order valence-corrected chi connectivity index (χ0v) is 14.0. The van der Waals surface area contributed by atoms with Gasteiger partial charge in [0.05, 0.1) is 7.71 Å². The Labute approximate surface area is 127 Å². The molecule has 0 nitrogen and oxygen atoms in total. The molecule has 1 aromatic carbocycles. The standard InChI is InChI=1S/C13H11BrFIS/c1-7-3-9(4-8(2)13(7)15)12(14)10-5-11(16)17-6-10/h3-6,12H,1-2H3. The monoisotopic (exact) mass is 424 g/mol. The zero-order valence-electron chi connectivity index (χ0n) is 9.43. The topological polar surface area (TPSA) is 0 Å².